The van der Waals surface area contributed by atoms with Gasteiger partial charge in [0.05, 0.1) is 12.3 Å². The highest BCUT2D eigenvalue weighted by Crippen LogP contribution is 2.06. The van der Waals surface area contributed by atoms with Crippen LogP contribution >= 0.6 is 0 Å². The second-order valence-electron chi connectivity index (χ2n) is 4.15. The summed E-state index contributed by atoms with van der Waals surface area (Å²) in [5.74, 6) is 0.299. The van der Waals surface area contributed by atoms with E-state index in [4.69, 9.17) is 4.74 Å². The summed E-state index contributed by atoms with van der Waals surface area (Å²) in [5.41, 5.74) is 1.12. The minimum atomic E-state index is 0.169. The number of aromatic nitrogens is 2. The number of ketones is 1. The fraction of sp³-hybridized carbons (Fsp3) is 0.667. The summed E-state index contributed by atoms with van der Waals surface area (Å²) in [6.45, 7) is 1.98. The van der Waals surface area contributed by atoms with Crippen LogP contribution in [-0.2, 0) is 23.0 Å². The largest absolute Gasteiger partial charge is 0.382 e. The van der Waals surface area contributed by atoms with Gasteiger partial charge in [-0.05, 0) is 25.3 Å². The van der Waals surface area contributed by atoms with Crippen molar-refractivity contribution < 1.29 is 9.53 Å². The van der Waals surface area contributed by atoms with Crippen molar-refractivity contribution in [3.8, 4) is 0 Å². The monoisotopic (exact) mass is 224 g/mol. The summed E-state index contributed by atoms with van der Waals surface area (Å²) in [6, 6.07) is 0. The predicted octanol–water partition coefficient (Wildman–Crippen LogP) is 1.74. The number of hydrogen-bond acceptors (Lipinski definition) is 3. The molecule has 0 saturated heterocycles. The fourth-order valence-corrected chi connectivity index (χ4v) is 1.49. The van der Waals surface area contributed by atoms with Crippen molar-refractivity contribution in [2.45, 2.75) is 38.7 Å². The smallest absolute Gasteiger partial charge is 0.133 e. The van der Waals surface area contributed by atoms with E-state index in [0.29, 0.717) is 18.6 Å². The minimum absolute atomic E-state index is 0.169. The van der Waals surface area contributed by atoms with Crippen LogP contribution in [0.25, 0.3) is 0 Å². The molecule has 0 radical (unpaired) electrons. The number of nitrogens with zero attached hydrogens (tertiary/aromatic N) is 2. The van der Waals surface area contributed by atoms with Crippen molar-refractivity contribution in [3.63, 3.8) is 0 Å². The molecule has 0 aromatic carbocycles. The molecule has 0 aliphatic heterocycles. The molecule has 0 aliphatic rings. The molecule has 4 heteroatoms. The number of ether oxygens (including phenoxy) is 1. The maximum Gasteiger partial charge on any atom is 0.133 e. The third kappa shape index (κ3) is 4.57. The summed E-state index contributed by atoms with van der Waals surface area (Å²) in [6.07, 6.45) is 6.73. The maximum absolute atomic E-state index is 11.6. The van der Waals surface area contributed by atoms with Gasteiger partial charge in [0.25, 0.3) is 0 Å². The summed E-state index contributed by atoms with van der Waals surface area (Å²) in [4.78, 5) is 11.6. The normalized spacial score (nSPS) is 12.7. The molecule has 4 nitrogen and oxygen atoms in total. The number of carbonyl (C=O) groups is 1. The first-order chi connectivity index (χ1) is 7.61. The molecule has 0 N–H and O–H groups in total. The van der Waals surface area contributed by atoms with Crippen LogP contribution < -0.4 is 0 Å². The lowest BCUT2D eigenvalue weighted by Gasteiger charge is -2.07. The lowest BCUT2D eigenvalue weighted by atomic mass is 10.1. The summed E-state index contributed by atoms with van der Waals surface area (Å²) >= 11 is 0. The Kier molecular flexibility index (Phi) is 5.19. The minimum Gasteiger partial charge on any atom is -0.382 e. The fourth-order valence-electron chi connectivity index (χ4n) is 1.49. The quantitative estimate of drug-likeness (QED) is 0.708. The van der Waals surface area contributed by atoms with Gasteiger partial charge in [-0.3, -0.25) is 9.48 Å². The van der Waals surface area contributed by atoms with Gasteiger partial charge in [0, 0.05) is 33.2 Å². The molecular formula is C12H20N2O2. The molecule has 1 heterocycles. The van der Waals surface area contributed by atoms with E-state index in [1.807, 2.05) is 26.4 Å². The summed E-state index contributed by atoms with van der Waals surface area (Å²) in [5, 5.41) is 4.07. The average molecular weight is 224 g/mol. The van der Waals surface area contributed by atoms with Crippen molar-refractivity contribution >= 4 is 5.78 Å². The molecule has 0 saturated carbocycles. The Morgan fingerprint density at radius 2 is 2.31 bits per heavy atom. The van der Waals surface area contributed by atoms with Crippen molar-refractivity contribution in [2.24, 2.45) is 7.05 Å². The number of Topliss-reactive ketones (excluding diaryl/α,β-unsaturated/α-hetero) is 1. The van der Waals surface area contributed by atoms with E-state index in [9.17, 15) is 4.79 Å². The Labute approximate surface area is 96.6 Å². The van der Waals surface area contributed by atoms with E-state index >= 15 is 0 Å². The Morgan fingerprint density at radius 3 is 2.88 bits per heavy atom. The highest BCUT2D eigenvalue weighted by atomic mass is 16.5. The maximum atomic E-state index is 11.6. The van der Waals surface area contributed by atoms with E-state index in [2.05, 4.69) is 5.10 Å². The van der Waals surface area contributed by atoms with Gasteiger partial charge in [-0.1, -0.05) is 0 Å². The van der Waals surface area contributed by atoms with E-state index < -0.39 is 0 Å². The molecule has 16 heavy (non-hydrogen) atoms. The first kappa shape index (κ1) is 12.9. The van der Waals surface area contributed by atoms with Crippen LogP contribution in [0.1, 0.15) is 31.7 Å². The lowest BCUT2D eigenvalue weighted by Crippen LogP contribution is -2.08. The van der Waals surface area contributed by atoms with Gasteiger partial charge in [-0.15, -0.1) is 0 Å². The second-order valence-corrected chi connectivity index (χ2v) is 4.15. The van der Waals surface area contributed by atoms with Crippen molar-refractivity contribution in [1.29, 1.82) is 0 Å². The summed E-state index contributed by atoms with van der Waals surface area (Å²) in [7, 11) is 3.55. The van der Waals surface area contributed by atoms with E-state index in [0.717, 1.165) is 18.4 Å². The zero-order valence-electron chi connectivity index (χ0n) is 10.3. The van der Waals surface area contributed by atoms with Gasteiger partial charge in [0.2, 0.25) is 0 Å². The van der Waals surface area contributed by atoms with E-state index in [-0.39, 0.29) is 6.10 Å². The van der Waals surface area contributed by atoms with Crippen LogP contribution in [0.3, 0.4) is 0 Å². The number of rotatable bonds is 7. The SMILES string of the molecule is COC(C)CCC(=O)CCc1cnn(C)c1. The van der Waals surface area contributed by atoms with Crippen molar-refractivity contribution in [3.05, 3.63) is 18.0 Å². The van der Waals surface area contributed by atoms with Gasteiger partial charge in [0.1, 0.15) is 5.78 Å². The molecule has 1 unspecified atom stereocenters. The highest BCUT2D eigenvalue weighted by molar-refractivity contribution is 5.78. The van der Waals surface area contributed by atoms with Gasteiger partial charge in [-0.25, -0.2) is 0 Å². The third-order valence-electron chi connectivity index (χ3n) is 2.68. The Hall–Kier alpha value is -1.16. The number of carbonyl (C=O) groups excluding carboxylic acids is 1. The molecular weight excluding hydrogens is 204 g/mol. The van der Waals surface area contributed by atoms with Crippen LogP contribution in [-0.4, -0.2) is 28.8 Å². The van der Waals surface area contributed by atoms with Crippen molar-refractivity contribution in [1.82, 2.24) is 9.78 Å². The molecule has 90 valence electrons. The third-order valence-corrected chi connectivity index (χ3v) is 2.68. The molecule has 0 spiro atoms. The molecule has 0 fully saturated rings. The Bertz CT molecular complexity index is 334. The number of methoxy groups -OCH3 is 1. The van der Waals surface area contributed by atoms with E-state index in [1.165, 1.54) is 0 Å². The van der Waals surface area contributed by atoms with Gasteiger partial charge in [0.15, 0.2) is 0 Å². The van der Waals surface area contributed by atoms with Gasteiger partial charge in [-0.2, -0.15) is 5.10 Å². The van der Waals surface area contributed by atoms with E-state index in [1.54, 1.807) is 11.8 Å². The van der Waals surface area contributed by atoms with Gasteiger partial charge >= 0.3 is 0 Å². The molecule has 0 aliphatic carbocycles. The van der Waals surface area contributed by atoms with Crippen molar-refractivity contribution in [2.75, 3.05) is 7.11 Å². The molecule has 1 rings (SSSR count). The molecule has 0 bridgehead atoms. The first-order valence-corrected chi connectivity index (χ1v) is 5.64. The van der Waals surface area contributed by atoms with Crippen LogP contribution in [0.4, 0.5) is 0 Å². The molecule has 1 aromatic heterocycles. The standard InChI is InChI=1S/C12H20N2O2/c1-10(16-3)4-6-12(15)7-5-11-8-13-14(2)9-11/h8-10H,4-7H2,1-3H3. The zero-order valence-corrected chi connectivity index (χ0v) is 10.3. The second kappa shape index (κ2) is 6.43. The average Bonchev–Trinajstić information content (AvgIpc) is 2.69. The lowest BCUT2D eigenvalue weighted by molar-refractivity contribution is -0.119. The number of hydrogen-bond donors (Lipinski definition) is 0. The Balaban J connectivity index is 2.20. The zero-order chi connectivity index (χ0) is 12.0. The topological polar surface area (TPSA) is 44.1 Å². The predicted molar refractivity (Wildman–Crippen MR) is 62.2 cm³/mol. The molecule has 0 amide bonds. The van der Waals surface area contributed by atoms with Crippen LogP contribution in [0, 0.1) is 0 Å². The molecule has 1 aromatic rings. The molecule has 1 atom stereocenters. The van der Waals surface area contributed by atoms with Crippen LogP contribution in [0.15, 0.2) is 12.4 Å². The number of aryl methyl sites for hydroxylation is 2. The highest BCUT2D eigenvalue weighted by Gasteiger charge is 2.06. The van der Waals surface area contributed by atoms with Gasteiger partial charge < -0.3 is 4.74 Å². The first-order valence-electron chi connectivity index (χ1n) is 5.64. The van der Waals surface area contributed by atoms with Crippen LogP contribution in [0.5, 0.6) is 0 Å². The summed E-state index contributed by atoms with van der Waals surface area (Å²) < 4.78 is 6.86. The van der Waals surface area contributed by atoms with Crippen LogP contribution in [0.2, 0.25) is 0 Å². The Morgan fingerprint density at radius 1 is 1.56 bits per heavy atom.